The lowest BCUT2D eigenvalue weighted by Crippen LogP contribution is -2.76. The highest BCUT2D eigenvalue weighted by atomic mass is 32.3. The summed E-state index contributed by atoms with van der Waals surface area (Å²) >= 11 is 0.942. The van der Waals surface area contributed by atoms with Gasteiger partial charge in [-0.05, 0) is 51.1 Å². The van der Waals surface area contributed by atoms with Gasteiger partial charge in [-0.3, -0.25) is 18.9 Å². The smallest absolute Gasteiger partial charge is 0.418 e. The van der Waals surface area contributed by atoms with Crippen LogP contribution in [-0.2, 0) is 47.0 Å². The SMILES string of the molecule is CC1(C)C(NC(=O)C(=NO[C@@H](COc2ccc(NC(=O)c3cn(CCCN)[n+](CC4CNC4)c3)cc2)C(=O)O)c2csc(N)n2)C(=O)N1OS(=O)(=O)O. The molecule has 23 heteroatoms. The van der Waals surface area contributed by atoms with Gasteiger partial charge in [0.15, 0.2) is 17.4 Å². The van der Waals surface area contributed by atoms with Crippen molar-refractivity contribution >= 4 is 62.0 Å². The van der Waals surface area contributed by atoms with Gasteiger partial charge in [-0.1, -0.05) is 5.16 Å². The van der Waals surface area contributed by atoms with Crippen molar-refractivity contribution in [2.24, 2.45) is 16.8 Å². The fraction of sp³-hybridized carbons (Fsp3) is 0.433. The number of nitrogens with two attached hydrogens (primary N) is 2. The normalized spacial score (nSPS) is 17.7. The number of rotatable bonds is 18. The Morgan fingerprint density at radius 3 is 2.53 bits per heavy atom. The van der Waals surface area contributed by atoms with Gasteiger partial charge >= 0.3 is 16.4 Å². The average molecular weight is 780 g/mol. The fourth-order valence-electron chi connectivity index (χ4n) is 5.26. The van der Waals surface area contributed by atoms with E-state index in [0.29, 0.717) is 35.3 Å². The molecule has 2 fully saturated rings. The molecule has 2 aromatic heterocycles. The number of aromatic nitrogens is 3. The number of benzene rings is 1. The van der Waals surface area contributed by atoms with E-state index >= 15 is 0 Å². The van der Waals surface area contributed by atoms with Gasteiger partial charge in [0.25, 0.3) is 23.8 Å². The highest BCUT2D eigenvalue weighted by molar-refractivity contribution is 7.80. The molecule has 0 bridgehead atoms. The van der Waals surface area contributed by atoms with E-state index in [0.717, 1.165) is 37.4 Å². The Morgan fingerprint density at radius 2 is 1.96 bits per heavy atom. The predicted octanol–water partition coefficient (Wildman–Crippen LogP) is -1.27. The van der Waals surface area contributed by atoms with Gasteiger partial charge in [0.05, 0.1) is 18.3 Å². The number of amides is 3. The summed E-state index contributed by atoms with van der Waals surface area (Å²) < 4.78 is 45.1. The second-order valence-corrected chi connectivity index (χ2v) is 14.5. The van der Waals surface area contributed by atoms with Crippen molar-refractivity contribution in [3.05, 3.63) is 53.3 Å². The molecule has 3 aromatic rings. The Balaban J connectivity index is 1.21. The van der Waals surface area contributed by atoms with Crippen LogP contribution >= 0.6 is 11.3 Å². The van der Waals surface area contributed by atoms with Gasteiger partial charge in [0.2, 0.25) is 6.20 Å². The molecule has 0 radical (unpaired) electrons. The molecule has 0 saturated carbocycles. The molecule has 4 heterocycles. The minimum Gasteiger partial charge on any atom is -0.489 e. The van der Waals surface area contributed by atoms with Crippen molar-refractivity contribution in [3.8, 4) is 5.75 Å². The number of hydrogen-bond acceptors (Lipinski definition) is 15. The zero-order valence-electron chi connectivity index (χ0n) is 28.5. The van der Waals surface area contributed by atoms with E-state index in [9.17, 15) is 32.7 Å². The van der Waals surface area contributed by atoms with E-state index < -0.39 is 58.2 Å². The molecule has 2 aliphatic rings. The molecule has 0 aliphatic carbocycles. The standard InChI is InChI=1S/C30H38N10O11S2/c1-30(2)24(27(43)40(30)51-53(46,47)48)36-26(42)23(21-16-52-29(32)35-21)37-50-22(28(44)45)15-49-20-6-4-19(5-7-20)34-25(41)18-13-38(9-3-8-31)39(14-18)12-17-10-33-11-17/h4-7,13-14,16-17,22,24,33H,3,8-12,15,31H2,1-2H3,(H5-,32,34,35,36,41,42,44,45,46,47,48)/p+1/t22-,24?/m0/s1. The van der Waals surface area contributed by atoms with Crippen LogP contribution in [0.25, 0.3) is 0 Å². The number of oxime groups is 1. The van der Waals surface area contributed by atoms with Crippen LogP contribution in [0, 0.1) is 5.92 Å². The number of aryl methyl sites for hydroxylation is 1. The van der Waals surface area contributed by atoms with Crippen molar-refractivity contribution in [1.29, 1.82) is 0 Å². The van der Waals surface area contributed by atoms with Gasteiger partial charge in [-0.25, -0.2) is 9.78 Å². The summed E-state index contributed by atoms with van der Waals surface area (Å²) in [6.45, 7) is 5.94. The first-order valence-corrected chi connectivity index (χ1v) is 18.3. The number of nitrogens with zero attached hydrogens (tertiary/aromatic N) is 5. The first kappa shape index (κ1) is 39.0. The van der Waals surface area contributed by atoms with Crippen LogP contribution in [-0.4, -0.2) is 106 Å². The highest BCUT2D eigenvalue weighted by Crippen LogP contribution is 2.33. The van der Waals surface area contributed by atoms with Gasteiger partial charge in [-0.2, -0.15) is 18.2 Å². The number of nitrogen functional groups attached to an aromatic ring is 1. The molecule has 1 unspecified atom stereocenters. The number of thiazole rings is 1. The summed E-state index contributed by atoms with van der Waals surface area (Å²) in [5, 5.41) is 23.7. The number of ether oxygens (including phenoxy) is 1. The van der Waals surface area contributed by atoms with E-state index in [1.807, 2.05) is 9.36 Å². The van der Waals surface area contributed by atoms with Crippen LogP contribution in [0.3, 0.4) is 0 Å². The summed E-state index contributed by atoms with van der Waals surface area (Å²) in [4.78, 5) is 60.1. The van der Waals surface area contributed by atoms with Crippen molar-refractivity contribution < 1.29 is 55.8 Å². The molecular weight excluding hydrogens is 741 g/mol. The number of hydroxylamine groups is 2. The van der Waals surface area contributed by atoms with Gasteiger partial charge in [-0.15, -0.1) is 20.3 Å². The molecule has 0 spiro atoms. The van der Waals surface area contributed by atoms with Crippen molar-refractivity contribution in [2.45, 2.75) is 51.0 Å². The fourth-order valence-corrected chi connectivity index (χ4v) is 6.26. The predicted molar refractivity (Wildman–Crippen MR) is 186 cm³/mol. The Kier molecular flexibility index (Phi) is 11.9. The molecule has 21 nitrogen and oxygen atoms in total. The lowest BCUT2D eigenvalue weighted by molar-refractivity contribution is -0.781. The summed E-state index contributed by atoms with van der Waals surface area (Å²) in [6, 6.07) is 4.82. The first-order chi connectivity index (χ1) is 25.0. The number of aliphatic carboxylic acids is 1. The Bertz CT molecular complexity index is 1980. The minimum absolute atomic E-state index is 0.0392. The van der Waals surface area contributed by atoms with Crippen molar-refractivity contribution in [1.82, 2.24) is 25.4 Å². The minimum atomic E-state index is -5.04. The molecule has 2 atom stereocenters. The lowest BCUT2D eigenvalue weighted by Gasteiger charge is -2.50. The third kappa shape index (κ3) is 9.62. The Morgan fingerprint density at radius 1 is 1.25 bits per heavy atom. The molecule has 2 saturated heterocycles. The number of nitrogens with one attached hydrogen (secondary N) is 3. The summed E-state index contributed by atoms with van der Waals surface area (Å²) in [6.07, 6.45) is 2.61. The second-order valence-electron chi connectivity index (χ2n) is 12.6. The zero-order valence-corrected chi connectivity index (χ0v) is 30.1. The van der Waals surface area contributed by atoms with E-state index in [1.54, 1.807) is 24.5 Å². The molecule has 53 heavy (non-hydrogen) atoms. The lowest BCUT2D eigenvalue weighted by atomic mass is 9.84. The third-order valence-corrected chi connectivity index (χ3v) is 9.24. The Labute approximate surface area is 306 Å². The number of carboxylic acids is 1. The maximum Gasteiger partial charge on any atom is 0.418 e. The van der Waals surface area contributed by atoms with Crippen LogP contribution < -0.4 is 36.8 Å². The number of hydrogen-bond donors (Lipinski definition) is 7. The number of carboxylic acid groups (broad SMARTS) is 1. The van der Waals surface area contributed by atoms with Crippen LogP contribution in [0.1, 0.15) is 36.3 Å². The maximum absolute atomic E-state index is 13.3. The third-order valence-electron chi connectivity index (χ3n) is 8.23. The van der Waals surface area contributed by atoms with Gasteiger partial charge in [0.1, 0.15) is 29.7 Å². The van der Waals surface area contributed by atoms with Gasteiger partial charge in [0, 0.05) is 30.1 Å². The molecule has 9 N–H and O–H groups in total. The quantitative estimate of drug-likeness (QED) is 0.0260. The van der Waals surface area contributed by atoms with Crippen LogP contribution in [0.5, 0.6) is 5.75 Å². The van der Waals surface area contributed by atoms with Crippen LogP contribution in [0.4, 0.5) is 10.8 Å². The van der Waals surface area contributed by atoms with E-state index in [-0.39, 0.29) is 22.5 Å². The largest absolute Gasteiger partial charge is 0.489 e. The number of carbonyl (C=O) groups excluding carboxylic acids is 3. The van der Waals surface area contributed by atoms with Gasteiger partial charge < -0.3 is 42.1 Å². The molecular formula is C30H39N10O11S2+. The topological polar surface area (TPSA) is 296 Å². The molecule has 3 amide bonds. The molecule has 2 aliphatic heterocycles. The van der Waals surface area contributed by atoms with E-state index in [4.69, 9.17) is 25.6 Å². The van der Waals surface area contributed by atoms with Crippen LogP contribution in [0.2, 0.25) is 0 Å². The van der Waals surface area contributed by atoms with Crippen molar-refractivity contribution in [3.63, 3.8) is 0 Å². The summed E-state index contributed by atoms with van der Waals surface area (Å²) in [7, 11) is -5.04. The summed E-state index contributed by atoms with van der Waals surface area (Å²) in [5.41, 5.74) is 10.2. The highest BCUT2D eigenvalue weighted by Gasteiger charge is 2.58. The first-order valence-electron chi connectivity index (χ1n) is 16.1. The van der Waals surface area contributed by atoms with Crippen LogP contribution in [0.15, 0.2) is 47.2 Å². The monoisotopic (exact) mass is 779 g/mol. The van der Waals surface area contributed by atoms with E-state index in [1.165, 1.54) is 31.4 Å². The molecule has 5 rings (SSSR count). The number of anilines is 2. The average Bonchev–Trinajstić information content (AvgIpc) is 3.70. The number of carbonyl (C=O) groups is 4. The zero-order chi connectivity index (χ0) is 38.5. The molecule has 1 aromatic carbocycles. The summed E-state index contributed by atoms with van der Waals surface area (Å²) in [5.74, 6) is -3.16. The second kappa shape index (κ2) is 16.2. The Hall–Kier alpha value is -5.20. The maximum atomic E-state index is 13.3. The number of β-lactam (4-membered cyclic amide) rings is 1. The molecule has 286 valence electrons. The van der Waals surface area contributed by atoms with E-state index in [2.05, 4.69) is 30.4 Å². The van der Waals surface area contributed by atoms with Crippen molar-refractivity contribution in [2.75, 3.05) is 37.3 Å².